The summed E-state index contributed by atoms with van der Waals surface area (Å²) in [5.74, 6) is 0. The van der Waals surface area contributed by atoms with Gasteiger partial charge in [-0.05, 0) is 68.7 Å². The molecule has 18 heavy (non-hydrogen) atoms. The largest absolute Gasteiger partial charge is 0.380 e. The zero-order valence-corrected chi connectivity index (χ0v) is 15.5. The lowest BCUT2D eigenvalue weighted by Crippen LogP contribution is -2.31. The molecule has 1 aliphatic carbocycles. The van der Waals surface area contributed by atoms with E-state index in [1.807, 2.05) is 0 Å². The van der Waals surface area contributed by atoms with Crippen molar-refractivity contribution < 1.29 is 0 Å². The number of hydrogen-bond donors (Lipinski definition) is 1. The first-order valence-electron chi connectivity index (χ1n) is 6.28. The number of rotatable bonds is 2. The highest BCUT2D eigenvalue weighted by Crippen LogP contribution is 2.39. The van der Waals surface area contributed by atoms with Crippen molar-refractivity contribution in [3.8, 4) is 0 Å². The molecule has 1 aromatic carbocycles. The average molecular weight is 440 g/mol. The quantitative estimate of drug-likeness (QED) is 0.565. The van der Waals surface area contributed by atoms with E-state index in [0.717, 1.165) is 13.4 Å². The van der Waals surface area contributed by atoms with Gasteiger partial charge in [0.1, 0.15) is 0 Å². The summed E-state index contributed by atoms with van der Waals surface area (Å²) < 4.78 is 3.29. The molecule has 0 saturated heterocycles. The minimum atomic E-state index is 0.463. The highest BCUT2D eigenvalue weighted by molar-refractivity contribution is 9.11. The third-order valence-corrected chi connectivity index (χ3v) is 5.27. The molecule has 2 rings (SSSR count). The van der Waals surface area contributed by atoms with Crippen LogP contribution in [0.15, 0.2) is 25.6 Å². The van der Waals surface area contributed by atoms with Gasteiger partial charge in [-0.1, -0.05) is 36.2 Å². The summed E-state index contributed by atoms with van der Waals surface area (Å²) in [5.41, 5.74) is 1.63. The van der Waals surface area contributed by atoms with Gasteiger partial charge in [-0.2, -0.15) is 0 Å². The molecule has 1 aromatic rings. The van der Waals surface area contributed by atoms with Crippen molar-refractivity contribution in [3.63, 3.8) is 0 Å². The first kappa shape index (κ1) is 14.9. The molecule has 0 heterocycles. The van der Waals surface area contributed by atoms with Gasteiger partial charge in [-0.15, -0.1) is 0 Å². The third-order valence-electron chi connectivity index (χ3n) is 3.56. The molecule has 1 nitrogen and oxygen atoms in total. The van der Waals surface area contributed by atoms with Gasteiger partial charge < -0.3 is 5.32 Å². The molecule has 1 fully saturated rings. The molecule has 0 amide bonds. The summed E-state index contributed by atoms with van der Waals surface area (Å²) >= 11 is 10.8. The molecule has 1 aliphatic rings. The van der Waals surface area contributed by atoms with E-state index in [9.17, 15) is 0 Å². The van der Waals surface area contributed by atoms with Crippen molar-refractivity contribution in [2.75, 3.05) is 5.32 Å². The van der Waals surface area contributed by atoms with Gasteiger partial charge in [-0.3, -0.25) is 0 Å². The van der Waals surface area contributed by atoms with Crippen LogP contribution in [-0.2, 0) is 0 Å². The second-order valence-corrected chi connectivity index (χ2v) is 8.47. The normalized spacial score (nSPS) is 22.8. The standard InChI is InChI=1S/C14H18Br3N/c1-14(2)5-3-4-10(8-14)18-13-11(16)6-9(15)7-12(13)17/h6-7,10,18H,3-5,8H2,1-2H3. The maximum Gasteiger partial charge on any atom is 0.0631 e. The van der Waals surface area contributed by atoms with Gasteiger partial charge in [-0.25, -0.2) is 0 Å². The van der Waals surface area contributed by atoms with Crippen LogP contribution in [-0.4, -0.2) is 6.04 Å². The van der Waals surface area contributed by atoms with E-state index < -0.39 is 0 Å². The Balaban J connectivity index is 2.14. The Bertz CT molecular complexity index is 420. The van der Waals surface area contributed by atoms with Crippen molar-refractivity contribution in [1.29, 1.82) is 0 Å². The number of halogens is 3. The zero-order chi connectivity index (χ0) is 13.3. The smallest absolute Gasteiger partial charge is 0.0631 e. The maximum atomic E-state index is 3.69. The summed E-state index contributed by atoms with van der Waals surface area (Å²) in [4.78, 5) is 0. The molecule has 0 radical (unpaired) electrons. The fourth-order valence-corrected chi connectivity index (χ4v) is 5.19. The first-order chi connectivity index (χ1) is 8.37. The summed E-state index contributed by atoms with van der Waals surface area (Å²) in [5, 5.41) is 3.69. The Morgan fingerprint density at radius 3 is 2.33 bits per heavy atom. The van der Waals surface area contributed by atoms with Gasteiger partial charge in [0.05, 0.1) is 5.69 Å². The fraction of sp³-hybridized carbons (Fsp3) is 0.571. The molecule has 0 spiro atoms. The van der Waals surface area contributed by atoms with Gasteiger partial charge in [0.2, 0.25) is 0 Å². The molecule has 4 heteroatoms. The van der Waals surface area contributed by atoms with Crippen LogP contribution in [0.25, 0.3) is 0 Å². The lowest BCUT2D eigenvalue weighted by atomic mass is 9.75. The zero-order valence-electron chi connectivity index (χ0n) is 10.7. The van der Waals surface area contributed by atoms with E-state index in [4.69, 9.17) is 0 Å². The Hall–Kier alpha value is 0.460. The number of nitrogens with one attached hydrogen (secondary N) is 1. The van der Waals surface area contributed by atoms with Crippen LogP contribution in [0.3, 0.4) is 0 Å². The molecule has 1 atom stereocenters. The molecule has 1 N–H and O–H groups in total. The van der Waals surface area contributed by atoms with E-state index in [2.05, 4.69) is 79.1 Å². The van der Waals surface area contributed by atoms with Crippen LogP contribution in [0.4, 0.5) is 5.69 Å². The summed E-state index contributed by atoms with van der Waals surface area (Å²) in [6.07, 6.45) is 5.16. The molecule has 0 aromatic heterocycles. The molecule has 0 aliphatic heterocycles. The minimum absolute atomic E-state index is 0.463. The molecule has 0 bridgehead atoms. The number of benzene rings is 1. The van der Waals surface area contributed by atoms with Crippen LogP contribution in [0.5, 0.6) is 0 Å². The number of anilines is 1. The predicted octanol–water partition coefficient (Wildman–Crippen LogP) is 6.35. The van der Waals surface area contributed by atoms with E-state index >= 15 is 0 Å². The predicted molar refractivity (Wildman–Crippen MR) is 89.2 cm³/mol. The van der Waals surface area contributed by atoms with Crippen LogP contribution in [0.1, 0.15) is 39.5 Å². The van der Waals surface area contributed by atoms with Crippen LogP contribution < -0.4 is 5.32 Å². The Kier molecular flexibility index (Phi) is 4.82. The Morgan fingerprint density at radius 2 is 1.78 bits per heavy atom. The fourth-order valence-electron chi connectivity index (χ4n) is 2.71. The van der Waals surface area contributed by atoms with Gasteiger partial charge in [0.15, 0.2) is 0 Å². The molecule has 100 valence electrons. The van der Waals surface area contributed by atoms with Crippen LogP contribution >= 0.6 is 47.8 Å². The third kappa shape index (κ3) is 3.73. The lowest BCUT2D eigenvalue weighted by molar-refractivity contribution is 0.229. The van der Waals surface area contributed by atoms with Crippen molar-refractivity contribution >= 4 is 53.5 Å². The summed E-state index contributed by atoms with van der Waals surface area (Å²) in [6, 6.07) is 4.74. The second-order valence-electron chi connectivity index (χ2n) is 5.85. The lowest BCUT2D eigenvalue weighted by Gasteiger charge is -2.36. The maximum absolute atomic E-state index is 3.69. The molecule has 1 unspecified atom stereocenters. The average Bonchev–Trinajstić information content (AvgIpc) is 2.22. The second kappa shape index (κ2) is 5.84. The van der Waals surface area contributed by atoms with Gasteiger partial charge in [0, 0.05) is 19.5 Å². The van der Waals surface area contributed by atoms with Gasteiger partial charge >= 0.3 is 0 Å². The summed E-state index contributed by atoms with van der Waals surface area (Å²) in [7, 11) is 0. The molecule has 1 saturated carbocycles. The van der Waals surface area contributed by atoms with Crippen LogP contribution in [0.2, 0.25) is 0 Å². The van der Waals surface area contributed by atoms with Gasteiger partial charge in [0.25, 0.3) is 0 Å². The molecular formula is C14H18Br3N. The van der Waals surface area contributed by atoms with Crippen LogP contribution in [0, 0.1) is 5.41 Å². The topological polar surface area (TPSA) is 12.0 Å². The highest BCUT2D eigenvalue weighted by atomic mass is 79.9. The van der Waals surface area contributed by atoms with Crippen molar-refractivity contribution in [2.24, 2.45) is 5.41 Å². The summed E-state index contributed by atoms with van der Waals surface area (Å²) in [6.45, 7) is 4.74. The minimum Gasteiger partial charge on any atom is -0.380 e. The van der Waals surface area contributed by atoms with E-state index in [-0.39, 0.29) is 0 Å². The van der Waals surface area contributed by atoms with Crippen molar-refractivity contribution in [3.05, 3.63) is 25.6 Å². The number of hydrogen-bond acceptors (Lipinski definition) is 1. The first-order valence-corrected chi connectivity index (χ1v) is 8.66. The van der Waals surface area contributed by atoms with E-state index in [1.165, 1.54) is 31.4 Å². The Labute approximate surface area is 134 Å². The van der Waals surface area contributed by atoms with Crippen molar-refractivity contribution in [1.82, 2.24) is 0 Å². The SMILES string of the molecule is CC1(C)CCCC(Nc2c(Br)cc(Br)cc2Br)C1. The highest BCUT2D eigenvalue weighted by Gasteiger charge is 2.28. The van der Waals surface area contributed by atoms with E-state index in [1.54, 1.807) is 0 Å². The Morgan fingerprint density at radius 1 is 1.17 bits per heavy atom. The monoisotopic (exact) mass is 437 g/mol. The molecular weight excluding hydrogens is 422 g/mol. The van der Waals surface area contributed by atoms with Crippen molar-refractivity contribution in [2.45, 2.75) is 45.6 Å². The van der Waals surface area contributed by atoms with E-state index in [0.29, 0.717) is 11.5 Å².